The topological polar surface area (TPSA) is 71.3 Å². The largest absolute Gasteiger partial charge is 0.337 e. The molecule has 0 bridgehead atoms. The molecule has 6 nitrogen and oxygen atoms in total. The van der Waals surface area contributed by atoms with Crippen LogP contribution in [0.5, 0.6) is 0 Å². The number of amides is 2. The first kappa shape index (κ1) is 14.8. The second kappa shape index (κ2) is 6.33. The Balaban J connectivity index is 1.48. The van der Waals surface area contributed by atoms with Crippen molar-refractivity contribution in [2.45, 2.75) is 13.3 Å². The first-order chi connectivity index (χ1) is 10.6. The summed E-state index contributed by atoms with van der Waals surface area (Å²) in [6.07, 6.45) is 2.54. The zero-order valence-corrected chi connectivity index (χ0v) is 13.4. The standard InChI is InChI=1S/C14H14ClN5OS/c1-9-19-20-8-12(18-14(20)22-9)6-7-16-13(21)17-11-4-2-10(15)3-5-11/h2-5,8H,6-7H2,1H3,(H2,16,17,21). The van der Waals surface area contributed by atoms with Gasteiger partial charge in [-0.2, -0.15) is 5.10 Å². The highest BCUT2D eigenvalue weighted by atomic mass is 35.5. The van der Waals surface area contributed by atoms with Gasteiger partial charge in [-0.25, -0.2) is 14.3 Å². The molecule has 0 saturated heterocycles. The van der Waals surface area contributed by atoms with Gasteiger partial charge in [-0.1, -0.05) is 22.9 Å². The van der Waals surface area contributed by atoms with Gasteiger partial charge >= 0.3 is 6.03 Å². The summed E-state index contributed by atoms with van der Waals surface area (Å²) in [6, 6.07) is 6.70. The summed E-state index contributed by atoms with van der Waals surface area (Å²) in [5.41, 5.74) is 1.61. The molecule has 0 unspecified atom stereocenters. The van der Waals surface area contributed by atoms with Crippen molar-refractivity contribution >= 4 is 39.6 Å². The lowest BCUT2D eigenvalue weighted by Gasteiger charge is -2.06. The highest BCUT2D eigenvalue weighted by molar-refractivity contribution is 7.16. The van der Waals surface area contributed by atoms with Gasteiger partial charge in [0.15, 0.2) is 0 Å². The Labute approximate surface area is 136 Å². The van der Waals surface area contributed by atoms with Crippen molar-refractivity contribution in [2.75, 3.05) is 11.9 Å². The molecule has 2 N–H and O–H groups in total. The molecule has 0 aliphatic heterocycles. The number of nitrogens with one attached hydrogen (secondary N) is 2. The monoisotopic (exact) mass is 335 g/mol. The second-order valence-corrected chi connectivity index (χ2v) is 6.31. The molecule has 0 spiro atoms. The third kappa shape index (κ3) is 3.55. The average Bonchev–Trinajstić information content (AvgIpc) is 2.98. The predicted octanol–water partition coefficient (Wildman–Crippen LogP) is 3.12. The molecule has 0 radical (unpaired) electrons. The number of aromatic nitrogens is 3. The van der Waals surface area contributed by atoms with E-state index in [9.17, 15) is 4.79 Å². The fraction of sp³-hybridized carbons (Fsp3) is 0.214. The summed E-state index contributed by atoms with van der Waals surface area (Å²) in [7, 11) is 0. The van der Waals surface area contributed by atoms with Crippen molar-refractivity contribution < 1.29 is 4.79 Å². The summed E-state index contributed by atoms with van der Waals surface area (Å²) < 4.78 is 1.77. The molecule has 22 heavy (non-hydrogen) atoms. The predicted molar refractivity (Wildman–Crippen MR) is 87.8 cm³/mol. The minimum absolute atomic E-state index is 0.252. The number of halogens is 1. The molecule has 2 aromatic heterocycles. The van der Waals surface area contributed by atoms with E-state index in [0.29, 0.717) is 23.7 Å². The summed E-state index contributed by atoms with van der Waals surface area (Å²) in [6.45, 7) is 2.45. The Morgan fingerprint density at radius 2 is 2.14 bits per heavy atom. The van der Waals surface area contributed by atoms with Gasteiger partial charge in [0.05, 0.1) is 11.9 Å². The van der Waals surface area contributed by atoms with E-state index >= 15 is 0 Å². The van der Waals surface area contributed by atoms with Gasteiger partial charge in [0, 0.05) is 23.7 Å². The highest BCUT2D eigenvalue weighted by Gasteiger charge is 2.06. The number of fused-ring (bicyclic) bond motifs is 1. The van der Waals surface area contributed by atoms with Crippen LogP contribution in [0, 0.1) is 6.92 Å². The maximum atomic E-state index is 11.8. The molecule has 8 heteroatoms. The number of anilines is 1. The van der Waals surface area contributed by atoms with Gasteiger partial charge in [0.1, 0.15) is 5.01 Å². The molecule has 0 atom stereocenters. The van der Waals surface area contributed by atoms with Crippen molar-refractivity contribution in [3.63, 3.8) is 0 Å². The van der Waals surface area contributed by atoms with E-state index < -0.39 is 0 Å². The molecule has 2 amide bonds. The van der Waals surface area contributed by atoms with Crippen LogP contribution in [0.1, 0.15) is 10.7 Å². The number of carbonyl (C=O) groups is 1. The van der Waals surface area contributed by atoms with E-state index in [0.717, 1.165) is 15.7 Å². The number of rotatable bonds is 4. The van der Waals surface area contributed by atoms with Gasteiger partial charge in [-0.05, 0) is 31.2 Å². The number of hydrogen-bond donors (Lipinski definition) is 2. The van der Waals surface area contributed by atoms with Gasteiger partial charge in [-0.15, -0.1) is 0 Å². The highest BCUT2D eigenvalue weighted by Crippen LogP contribution is 2.14. The Morgan fingerprint density at radius 3 is 2.86 bits per heavy atom. The molecule has 0 aliphatic rings. The smallest absolute Gasteiger partial charge is 0.319 e. The number of carbonyl (C=O) groups excluding carboxylic acids is 1. The minimum Gasteiger partial charge on any atom is -0.337 e. The number of nitrogens with zero attached hydrogens (tertiary/aromatic N) is 3. The lowest BCUT2D eigenvalue weighted by Crippen LogP contribution is -2.30. The zero-order chi connectivity index (χ0) is 15.5. The lowest BCUT2D eigenvalue weighted by atomic mass is 10.3. The van der Waals surface area contributed by atoms with Crippen molar-refractivity contribution in [3.05, 3.63) is 46.2 Å². The van der Waals surface area contributed by atoms with Crippen LogP contribution in [0.3, 0.4) is 0 Å². The third-order valence-electron chi connectivity index (χ3n) is 2.96. The maximum Gasteiger partial charge on any atom is 0.319 e. The van der Waals surface area contributed by atoms with Gasteiger partial charge < -0.3 is 10.6 Å². The maximum absolute atomic E-state index is 11.8. The summed E-state index contributed by atoms with van der Waals surface area (Å²) in [5.74, 6) is 0. The van der Waals surface area contributed by atoms with E-state index in [1.807, 2.05) is 13.1 Å². The van der Waals surface area contributed by atoms with Crippen LogP contribution >= 0.6 is 22.9 Å². The molecule has 3 rings (SSSR count). The first-order valence-electron chi connectivity index (χ1n) is 6.72. The average molecular weight is 336 g/mol. The number of benzene rings is 1. The van der Waals surface area contributed by atoms with E-state index in [1.54, 1.807) is 40.1 Å². The zero-order valence-electron chi connectivity index (χ0n) is 11.8. The number of imidazole rings is 1. The fourth-order valence-corrected chi connectivity index (χ4v) is 2.85. The molecule has 114 valence electrons. The van der Waals surface area contributed by atoms with Crippen LogP contribution in [-0.2, 0) is 6.42 Å². The van der Waals surface area contributed by atoms with E-state index in [2.05, 4.69) is 20.7 Å². The van der Waals surface area contributed by atoms with Crippen LogP contribution in [-0.4, -0.2) is 27.2 Å². The normalized spacial score (nSPS) is 10.8. The quantitative estimate of drug-likeness (QED) is 0.769. The minimum atomic E-state index is -0.252. The molecule has 3 aromatic rings. The molecular weight excluding hydrogens is 322 g/mol. The fourth-order valence-electron chi connectivity index (χ4n) is 1.98. The Morgan fingerprint density at radius 1 is 1.36 bits per heavy atom. The third-order valence-corrected chi connectivity index (χ3v) is 4.05. The van der Waals surface area contributed by atoms with Crippen LogP contribution in [0.25, 0.3) is 4.96 Å². The Hall–Kier alpha value is -2.12. The summed E-state index contributed by atoms with van der Waals surface area (Å²) >= 11 is 7.34. The number of urea groups is 1. The Bertz CT molecular complexity index is 764. The van der Waals surface area contributed by atoms with Crippen LogP contribution in [0.4, 0.5) is 10.5 Å². The first-order valence-corrected chi connectivity index (χ1v) is 7.92. The van der Waals surface area contributed by atoms with E-state index in [-0.39, 0.29) is 6.03 Å². The van der Waals surface area contributed by atoms with E-state index in [4.69, 9.17) is 11.6 Å². The van der Waals surface area contributed by atoms with Gasteiger partial charge in [-0.3, -0.25) is 0 Å². The molecule has 2 heterocycles. The van der Waals surface area contributed by atoms with Crippen molar-refractivity contribution in [1.82, 2.24) is 19.9 Å². The van der Waals surface area contributed by atoms with Gasteiger partial charge in [0.25, 0.3) is 0 Å². The summed E-state index contributed by atoms with van der Waals surface area (Å²) in [4.78, 5) is 17.1. The molecule has 1 aromatic carbocycles. The number of aryl methyl sites for hydroxylation is 1. The number of hydrogen-bond acceptors (Lipinski definition) is 4. The molecule has 0 saturated carbocycles. The molecule has 0 aliphatic carbocycles. The second-order valence-electron chi connectivity index (χ2n) is 4.72. The van der Waals surface area contributed by atoms with Crippen LogP contribution in [0.2, 0.25) is 5.02 Å². The molecule has 0 fully saturated rings. The molecular formula is C14H14ClN5OS. The van der Waals surface area contributed by atoms with Crippen LogP contribution < -0.4 is 10.6 Å². The summed E-state index contributed by atoms with van der Waals surface area (Å²) in [5, 5.41) is 11.4. The van der Waals surface area contributed by atoms with Crippen molar-refractivity contribution in [1.29, 1.82) is 0 Å². The Kier molecular flexibility index (Phi) is 4.26. The lowest BCUT2D eigenvalue weighted by molar-refractivity contribution is 0.252. The van der Waals surface area contributed by atoms with Crippen LogP contribution in [0.15, 0.2) is 30.5 Å². The van der Waals surface area contributed by atoms with Crippen molar-refractivity contribution in [3.8, 4) is 0 Å². The van der Waals surface area contributed by atoms with Crippen molar-refractivity contribution in [2.24, 2.45) is 0 Å². The van der Waals surface area contributed by atoms with Gasteiger partial charge in [0.2, 0.25) is 4.96 Å². The van der Waals surface area contributed by atoms with E-state index in [1.165, 1.54) is 0 Å². The SMILES string of the molecule is Cc1nn2cc(CCNC(=O)Nc3ccc(Cl)cc3)nc2s1.